The molecular weight excluding hydrogens is 420 g/mol. The second kappa shape index (κ2) is 9.64. The van der Waals surface area contributed by atoms with Crippen molar-refractivity contribution in [1.82, 2.24) is 14.8 Å². The fourth-order valence-corrected chi connectivity index (χ4v) is 4.38. The lowest BCUT2D eigenvalue weighted by Crippen LogP contribution is -2.38. The number of carbonyl (C=O) groups excluding carboxylic acids is 1. The van der Waals surface area contributed by atoms with Crippen LogP contribution in [0.3, 0.4) is 0 Å². The summed E-state index contributed by atoms with van der Waals surface area (Å²) < 4.78 is 7.58. The highest BCUT2D eigenvalue weighted by atomic mass is 35.5. The summed E-state index contributed by atoms with van der Waals surface area (Å²) in [5.74, 6) is 0.856. The number of morpholine rings is 1. The summed E-state index contributed by atoms with van der Waals surface area (Å²) in [5, 5.41) is 9.95. The Bertz CT molecular complexity index is 988. The molecule has 0 saturated carbocycles. The molecule has 6 nitrogen and oxygen atoms in total. The van der Waals surface area contributed by atoms with Crippen molar-refractivity contribution in [1.29, 1.82) is 0 Å². The number of aromatic nitrogens is 3. The molecule has 0 amide bonds. The molecule has 0 aliphatic carbocycles. The van der Waals surface area contributed by atoms with Crippen LogP contribution in [0.5, 0.6) is 0 Å². The molecular formula is C22H23ClN4O2S. The van der Waals surface area contributed by atoms with E-state index in [0.29, 0.717) is 30.3 Å². The second-order valence-corrected chi connectivity index (χ2v) is 8.83. The largest absolute Gasteiger partial charge is 0.378 e. The number of halogens is 1. The number of benzene rings is 2. The Hall–Kier alpha value is -2.35. The van der Waals surface area contributed by atoms with Gasteiger partial charge in [0.2, 0.25) is 5.95 Å². The van der Waals surface area contributed by atoms with Crippen LogP contribution in [-0.2, 0) is 11.3 Å². The number of carbonyl (C=O) groups is 1. The molecule has 1 atom stereocenters. The van der Waals surface area contributed by atoms with E-state index in [2.05, 4.69) is 31.8 Å². The van der Waals surface area contributed by atoms with E-state index in [9.17, 15) is 4.79 Å². The number of Topliss-reactive ketones (excluding diaryl/α,β-unsaturated/α-hetero) is 1. The first kappa shape index (κ1) is 20.9. The summed E-state index contributed by atoms with van der Waals surface area (Å²) in [6.45, 7) is 5.44. The van der Waals surface area contributed by atoms with E-state index in [1.165, 1.54) is 11.8 Å². The quantitative estimate of drug-likeness (QED) is 0.404. The van der Waals surface area contributed by atoms with Crippen LogP contribution in [-0.4, -0.2) is 52.1 Å². The Morgan fingerprint density at radius 1 is 1.10 bits per heavy atom. The Labute approximate surface area is 185 Å². The van der Waals surface area contributed by atoms with Crippen LogP contribution in [0.1, 0.15) is 22.8 Å². The highest BCUT2D eigenvalue weighted by Crippen LogP contribution is 2.29. The van der Waals surface area contributed by atoms with Crippen LogP contribution >= 0.6 is 23.4 Å². The first-order chi connectivity index (χ1) is 14.6. The lowest BCUT2D eigenvalue weighted by molar-refractivity contribution is 0.0994. The number of ether oxygens (including phenoxy) is 1. The minimum Gasteiger partial charge on any atom is -0.378 e. The van der Waals surface area contributed by atoms with Crippen molar-refractivity contribution < 1.29 is 9.53 Å². The number of nitrogens with zero attached hydrogens (tertiary/aromatic N) is 4. The zero-order chi connectivity index (χ0) is 20.9. The van der Waals surface area contributed by atoms with Gasteiger partial charge in [0, 0.05) is 23.7 Å². The summed E-state index contributed by atoms with van der Waals surface area (Å²) in [4.78, 5) is 15.1. The Kier molecular flexibility index (Phi) is 6.72. The SMILES string of the molecule is CC(Sc1nnc(N2CCOCC2)n1Cc1ccccc1)C(=O)c1ccc(Cl)cc1. The van der Waals surface area contributed by atoms with Gasteiger partial charge in [0.15, 0.2) is 10.9 Å². The lowest BCUT2D eigenvalue weighted by Gasteiger charge is -2.28. The maximum Gasteiger partial charge on any atom is 0.228 e. The molecule has 4 rings (SSSR count). The van der Waals surface area contributed by atoms with Crippen molar-refractivity contribution in [3.8, 4) is 0 Å². The molecule has 1 unspecified atom stereocenters. The van der Waals surface area contributed by atoms with Gasteiger partial charge in [-0.05, 0) is 36.8 Å². The summed E-state index contributed by atoms with van der Waals surface area (Å²) in [5.41, 5.74) is 1.80. The summed E-state index contributed by atoms with van der Waals surface area (Å²) in [7, 11) is 0. The standard InChI is InChI=1S/C22H23ClN4O2S/c1-16(20(28)18-7-9-19(23)10-8-18)30-22-25-24-21(26-11-13-29-14-12-26)27(22)15-17-5-3-2-4-6-17/h2-10,16H,11-15H2,1H3. The molecule has 1 aliphatic heterocycles. The maximum atomic E-state index is 12.9. The third-order valence-electron chi connectivity index (χ3n) is 4.95. The van der Waals surface area contributed by atoms with Gasteiger partial charge in [0.25, 0.3) is 0 Å². The number of thioether (sulfide) groups is 1. The predicted molar refractivity (Wildman–Crippen MR) is 120 cm³/mol. The minimum atomic E-state index is -0.303. The second-order valence-electron chi connectivity index (χ2n) is 7.08. The molecule has 3 aromatic rings. The number of anilines is 1. The number of hydrogen-bond donors (Lipinski definition) is 0. The third-order valence-corrected chi connectivity index (χ3v) is 6.29. The smallest absolute Gasteiger partial charge is 0.228 e. The van der Waals surface area contributed by atoms with Crippen molar-refractivity contribution in [3.63, 3.8) is 0 Å². The molecule has 2 heterocycles. The third kappa shape index (κ3) is 4.86. The van der Waals surface area contributed by atoms with E-state index in [0.717, 1.165) is 29.8 Å². The average Bonchev–Trinajstić information content (AvgIpc) is 3.17. The fourth-order valence-electron chi connectivity index (χ4n) is 3.33. The van der Waals surface area contributed by atoms with Crippen LogP contribution in [0.2, 0.25) is 5.02 Å². The first-order valence-corrected chi connectivity index (χ1v) is 11.1. The fraction of sp³-hybridized carbons (Fsp3) is 0.318. The summed E-state index contributed by atoms with van der Waals surface area (Å²) in [6, 6.07) is 17.2. The summed E-state index contributed by atoms with van der Waals surface area (Å²) in [6.07, 6.45) is 0. The van der Waals surface area contributed by atoms with Crippen molar-refractivity contribution in [2.24, 2.45) is 0 Å². The van der Waals surface area contributed by atoms with Crippen molar-refractivity contribution in [2.45, 2.75) is 23.9 Å². The van der Waals surface area contributed by atoms with E-state index in [1.54, 1.807) is 24.3 Å². The van der Waals surface area contributed by atoms with E-state index < -0.39 is 0 Å². The van der Waals surface area contributed by atoms with Gasteiger partial charge in [0.05, 0.1) is 25.0 Å². The zero-order valence-electron chi connectivity index (χ0n) is 16.7. The van der Waals surface area contributed by atoms with Crippen LogP contribution in [0.4, 0.5) is 5.95 Å². The molecule has 30 heavy (non-hydrogen) atoms. The van der Waals surface area contributed by atoms with E-state index in [-0.39, 0.29) is 11.0 Å². The molecule has 1 fully saturated rings. The van der Waals surface area contributed by atoms with Crippen LogP contribution in [0, 0.1) is 0 Å². The van der Waals surface area contributed by atoms with Crippen molar-refractivity contribution >= 4 is 35.1 Å². The molecule has 8 heteroatoms. The van der Waals surface area contributed by atoms with Gasteiger partial charge in [-0.3, -0.25) is 9.36 Å². The lowest BCUT2D eigenvalue weighted by atomic mass is 10.1. The van der Waals surface area contributed by atoms with Crippen LogP contribution in [0.25, 0.3) is 0 Å². The van der Waals surface area contributed by atoms with E-state index >= 15 is 0 Å². The van der Waals surface area contributed by atoms with Crippen LogP contribution < -0.4 is 4.90 Å². The normalized spacial score (nSPS) is 15.2. The molecule has 156 valence electrons. The first-order valence-electron chi connectivity index (χ1n) is 9.88. The van der Waals surface area contributed by atoms with Crippen molar-refractivity contribution in [3.05, 3.63) is 70.7 Å². The van der Waals surface area contributed by atoms with Crippen LogP contribution in [0.15, 0.2) is 59.8 Å². The van der Waals surface area contributed by atoms with E-state index in [4.69, 9.17) is 16.3 Å². The highest BCUT2D eigenvalue weighted by Gasteiger charge is 2.24. The monoisotopic (exact) mass is 442 g/mol. The molecule has 1 saturated heterocycles. The number of ketones is 1. The maximum absolute atomic E-state index is 12.9. The Balaban J connectivity index is 1.59. The molecule has 0 bridgehead atoms. The molecule has 0 spiro atoms. The highest BCUT2D eigenvalue weighted by molar-refractivity contribution is 8.00. The van der Waals surface area contributed by atoms with E-state index in [1.807, 2.05) is 25.1 Å². The molecule has 1 aromatic heterocycles. The molecule has 0 N–H and O–H groups in total. The van der Waals surface area contributed by atoms with Gasteiger partial charge in [-0.15, -0.1) is 10.2 Å². The zero-order valence-corrected chi connectivity index (χ0v) is 18.3. The molecule has 2 aromatic carbocycles. The Morgan fingerprint density at radius 3 is 2.50 bits per heavy atom. The number of rotatable bonds is 7. The average molecular weight is 443 g/mol. The van der Waals surface area contributed by atoms with Gasteiger partial charge in [-0.2, -0.15) is 0 Å². The van der Waals surface area contributed by atoms with Crippen molar-refractivity contribution in [2.75, 3.05) is 31.2 Å². The minimum absolute atomic E-state index is 0.0406. The van der Waals surface area contributed by atoms with Gasteiger partial charge in [-0.1, -0.05) is 53.7 Å². The topological polar surface area (TPSA) is 60.2 Å². The predicted octanol–water partition coefficient (Wildman–Crippen LogP) is 4.18. The molecule has 0 radical (unpaired) electrons. The van der Waals surface area contributed by atoms with Gasteiger partial charge >= 0.3 is 0 Å². The molecule has 1 aliphatic rings. The Morgan fingerprint density at radius 2 is 1.80 bits per heavy atom. The van der Waals surface area contributed by atoms with Gasteiger partial charge < -0.3 is 9.64 Å². The number of hydrogen-bond acceptors (Lipinski definition) is 6. The summed E-state index contributed by atoms with van der Waals surface area (Å²) >= 11 is 7.38. The van der Waals surface area contributed by atoms with Gasteiger partial charge in [0.1, 0.15) is 0 Å². The van der Waals surface area contributed by atoms with Gasteiger partial charge in [-0.25, -0.2) is 0 Å².